The highest BCUT2D eigenvalue weighted by Gasteiger charge is 2.27. The molecule has 0 radical (unpaired) electrons. The van der Waals surface area contributed by atoms with E-state index in [0.717, 1.165) is 41.8 Å². The fourth-order valence-corrected chi connectivity index (χ4v) is 4.00. The number of carbonyl (C=O) groups excluding carboxylic acids is 1. The first-order valence-electron chi connectivity index (χ1n) is 9.73. The minimum atomic E-state index is -0.938. The van der Waals surface area contributed by atoms with E-state index in [0.29, 0.717) is 16.9 Å². The van der Waals surface area contributed by atoms with Gasteiger partial charge in [-0.15, -0.1) is 0 Å². The van der Waals surface area contributed by atoms with Crippen molar-refractivity contribution in [1.29, 1.82) is 0 Å². The van der Waals surface area contributed by atoms with Gasteiger partial charge >= 0.3 is 5.97 Å². The van der Waals surface area contributed by atoms with Gasteiger partial charge < -0.3 is 10.4 Å². The Balaban J connectivity index is 1.70. The van der Waals surface area contributed by atoms with Crippen LogP contribution in [0.15, 0.2) is 42.5 Å². The van der Waals surface area contributed by atoms with Crippen LogP contribution in [-0.4, -0.2) is 26.8 Å². The van der Waals surface area contributed by atoms with Crippen LogP contribution in [0.2, 0.25) is 0 Å². The van der Waals surface area contributed by atoms with Crippen molar-refractivity contribution in [2.45, 2.75) is 39.5 Å². The highest BCUT2D eigenvalue weighted by Crippen LogP contribution is 2.30. The number of hydrogen-bond donors (Lipinski definition) is 2. The molecule has 0 atom stereocenters. The number of fused-ring (bicyclic) bond motifs is 1. The third-order valence-electron chi connectivity index (χ3n) is 5.33. The number of carboxylic acid groups (broad SMARTS) is 1. The molecule has 4 rings (SSSR count). The summed E-state index contributed by atoms with van der Waals surface area (Å²) in [5.41, 5.74) is 6.84. The summed E-state index contributed by atoms with van der Waals surface area (Å²) in [4.78, 5) is 24.2. The van der Waals surface area contributed by atoms with Gasteiger partial charge in [-0.25, -0.2) is 4.68 Å². The molecule has 6 heteroatoms. The SMILES string of the molecule is Cc1ccc(-n2nc(C(=O)Nc3ccccc3CC(=O)O)c3c2CCC3)c(C)c1. The second kappa shape index (κ2) is 7.54. The molecule has 1 aliphatic carbocycles. The lowest BCUT2D eigenvalue weighted by atomic mass is 10.1. The average Bonchev–Trinajstić information content (AvgIpc) is 3.26. The molecule has 1 heterocycles. The molecule has 0 bridgehead atoms. The average molecular weight is 389 g/mol. The first-order valence-corrected chi connectivity index (χ1v) is 9.73. The van der Waals surface area contributed by atoms with Gasteiger partial charge in [0.25, 0.3) is 5.91 Å². The maximum atomic E-state index is 13.1. The number of nitrogens with zero attached hydrogens (tertiary/aromatic N) is 2. The highest BCUT2D eigenvalue weighted by atomic mass is 16.4. The number of aliphatic carboxylic acids is 1. The second-order valence-corrected chi connectivity index (χ2v) is 7.51. The van der Waals surface area contributed by atoms with E-state index < -0.39 is 5.97 Å². The lowest BCUT2D eigenvalue weighted by Gasteiger charge is -2.10. The van der Waals surface area contributed by atoms with E-state index in [9.17, 15) is 9.59 Å². The van der Waals surface area contributed by atoms with E-state index in [-0.39, 0.29) is 12.3 Å². The van der Waals surface area contributed by atoms with Crippen LogP contribution in [0.5, 0.6) is 0 Å². The zero-order valence-electron chi connectivity index (χ0n) is 16.5. The predicted octanol–water partition coefficient (Wildman–Crippen LogP) is 3.86. The quantitative estimate of drug-likeness (QED) is 0.694. The van der Waals surface area contributed by atoms with E-state index in [1.165, 1.54) is 5.56 Å². The Morgan fingerprint density at radius 2 is 1.93 bits per heavy atom. The van der Waals surface area contributed by atoms with Crippen LogP contribution in [0, 0.1) is 13.8 Å². The van der Waals surface area contributed by atoms with Gasteiger partial charge in [0.2, 0.25) is 0 Å². The number of carbonyl (C=O) groups is 2. The van der Waals surface area contributed by atoms with Gasteiger partial charge in [-0.3, -0.25) is 9.59 Å². The molecular weight excluding hydrogens is 366 g/mol. The Labute approximate surface area is 169 Å². The summed E-state index contributed by atoms with van der Waals surface area (Å²) in [7, 11) is 0. The Morgan fingerprint density at radius 3 is 2.69 bits per heavy atom. The molecule has 0 saturated carbocycles. The number of hydrogen-bond acceptors (Lipinski definition) is 3. The van der Waals surface area contributed by atoms with E-state index in [2.05, 4.69) is 23.4 Å². The Kier molecular flexibility index (Phi) is 4.92. The number of rotatable bonds is 5. The molecule has 148 valence electrons. The molecule has 0 saturated heterocycles. The molecule has 0 spiro atoms. The van der Waals surface area contributed by atoms with Crippen LogP contribution in [0.4, 0.5) is 5.69 Å². The number of nitrogens with one attached hydrogen (secondary N) is 1. The van der Waals surface area contributed by atoms with Crippen LogP contribution in [0.25, 0.3) is 5.69 Å². The summed E-state index contributed by atoms with van der Waals surface area (Å²) in [5, 5.41) is 16.7. The first kappa shape index (κ1) is 18.9. The van der Waals surface area contributed by atoms with Gasteiger partial charge in [-0.2, -0.15) is 5.10 Å². The maximum Gasteiger partial charge on any atom is 0.307 e. The number of anilines is 1. The molecule has 2 aromatic carbocycles. The molecule has 29 heavy (non-hydrogen) atoms. The molecule has 0 fully saturated rings. The largest absolute Gasteiger partial charge is 0.481 e. The Morgan fingerprint density at radius 1 is 1.14 bits per heavy atom. The van der Waals surface area contributed by atoms with Gasteiger partial charge in [0.15, 0.2) is 5.69 Å². The topological polar surface area (TPSA) is 84.2 Å². The smallest absolute Gasteiger partial charge is 0.307 e. The van der Waals surface area contributed by atoms with Crippen LogP contribution < -0.4 is 5.32 Å². The zero-order valence-corrected chi connectivity index (χ0v) is 16.5. The van der Waals surface area contributed by atoms with Crippen LogP contribution in [-0.2, 0) is 24.1 Å². The third-order valence-corrected chi connectivity index (χ3v) is 5.33. The lowest BCUT2D eigenvalue weighted by Crippen LogP contribution is -2.17. The minimum Gasteiger partial charge on any atom is -0.481 e. The van der Waals surface area contributed by atoms with Crippen molar-refractivity contribution >= 4 is 17.6 Å². The van der Waals surface area contributed by atoms with E-state index in [4.69, 9.17) is 5.11 Å². The molecule has 1 amide bonds. The number of carboxylic acids is 1. The molecule has 0 aliphatic heterocycles. The van der Waals surface area contributed by atoms with E-state index in [1.54, 1.807) is 24.3 Å². The van der Waals surface area contributed by atoms with Crippen molar-refractivity contribution in [2.24, 2.45) is 0 Å². The normalized spacial score (nSPS) is 12.6. The standard InChI is InChI=1S/C23H23N3O3/c1-14-10-11-19(15(2)12-14)26-20-9-5-7-17(20)22(25-26)23(29)24-18-8-4-3-6-16(18)13-21(27)28/h3-4,6,8,10-12H,5,7,9,13H2,1-2H3,(H,24,29)(H,27,28). The second-order valence-electron chi connectivity index (χ2n) is 7.51. The van der Waals surface area contributed by atoms with Crippen LogP contribution >= 0.6 is 0 Å². The number of aryl methyl sites for hydroxylation is 2. The molecule has 1 aliphatic rings. The van der Waals surface area contributed by atoms with Gasteiger partial charge in [0, 0.05) is 16.9 Å². The van der Waals surface area contributed by atoms with Crippen molar-refractivity contribution in [2.75, 3.05) is 5.32 Å². The third kappa shape index (κ3) is 3.66. The van der Waals surface area contributed by atoms with Crippen molar-refractivity contribution in [3.63, 3.8) is 0 Å². The Bertz CT molecular complexity index is 1110. The summed E-state index contributed by atoms with van der Waals surface area (Å²) in [6.07, 6.45) is 2.55. The van der Waals surface area contributed by atoms with Crippen molar-refractivity contribution in [3.05, 3.63) is 76.1 Å². The van der Waals surface area contributed by atoms with Gasteiger partial charge in [-0.05, 0) is 56.4 Å². The number of aromatic nitrogens is 2. The predicted molar refractivity (Wildman–Crippen MR) is 111 cm³/mol. The zero-order chi connectivity index (χ0) is 20.5. The summed E-state index contributed by atoms with van der Waals surface area (Å²) in [6.45, 7) is 4.10. The summed E-state index contributed by atoms with van der Waals surface area (Å²) < 4.78 is 1.90. The molecule has 1 aromatic heterocycles. The molecule has 6 nitrogen and oxygen atoms in total. The lowest BCUT2D eigenvalue weighted by molar-refractivity contribution is -0.136. The molecule has 3 aromatic rings. The summed E-state index contributed by atoms with van der Waals surface area (Å²) >= 11 is 0. The van der Waals surface area contributed by atoms with Gasteiger partial charge in [0.05, 0.1) is 12.1 Å². The fraction of sp³-hybridized carbons (Fsp3) is 0.261. The van der Waals surface area contributed by atoms with Crippen molar-refractivity contribution < 1.29 is 14.7 Å². The number of benzene rings is 2. The van der Waals surface area contributed by atoms with Crippen LogP contribution in [0.3, 0.4) is 0 Å². The van der Waals surface area contributed by atoms with Crippen LogP contribution in [0.1, 0.15) is 44.9 Å². The fourth-order valence-electron chi connectivity index (χ4n) is 4.00. The van der Waals surface area contributed by atoms with Crippen molar-refractivity contribution in [3.8, 4) is 5.69 Å². The summed E-state index contributed by atoms with van der Waals surface area (Å²) in [6, 6.07) is 13.2. The number of para-hydroxylation sites is 1. The maximum absolute atomic E-state index is 13.1. The van der Waals surface area contributed by atoms with E-state index >= 15 is 0 Å². The summed E-state index contributed by atoms with van der Waals surface area (Å²) in [5.74, 6) is -1.24. The van der Waals surface area contributed by atoms with Gasteiger partial charge in [0.1, 0.15) is 0 Å². The Hall–Kier alpha value is -3.41. The van der Waals surface area contributed by atoms with Gasteiger partial charge in [-0.1, -0.05) is 35.9 Å². The number of amides is 1. The monoisotopic (exact) mass is 389 g/mol. The highest BCUT2D eigenvalue weighted by molar-refractivity contribution is 6.04. The molecule has 0 unspecified atom stereocenters. The first-order chi connectivity index (χ1) is 13.9. The minimum absolute atomic E-state index is 0.147. The van der Waals surface area contributed by atoms with Crippen molar-refractivity contribution in [1.82, 2.24) is 9.78 Å². The molecule has 2 N–H and O–H groups in total. The molecular formula is C23H23N3O3. The van der Waals surface area contributed by atoms with E-state index in [1.807, 2.05) is 23.7 Å².